The number of aromatic nitrogens is 1. The smallest absolute Gasteiger partial charge is 0.294 e. The van der Waals surface area contributed by atoms with Crippen LogP contribution in [-0.2, 0) is 16.6 Å². The zero-order chi connectivity index (χ0) is 26.4. The molecule has 190 valence electrons. The lowest BCUT2D eigenvalue weighted by atomic mass is 9.87. The summed E-state index contributed by atoms with van der Waals surface area (Å²) in [7, 11) is 0. The average molecular weight is 500 g/mol. The van der Waals surface area contributed by atoms with Gasteiger partial charge in [0.1, 0.15) is 11.9 Å². The number of halogens is 1. The van der Waals surface area contributed by atoms with Crippen molar-refractivity contribution in [3.05, 3.63) is 120 Å². The summed E-state index contributed by atoms with van der Waals surface area (Å²) in [5, 5.41) is 2.92. The fraction of sp³-hybridized carbons (Fsp3) is 0.233. The quantitative estimate of drug-likeness (QED) is 0.330. The summed E-state index contributed by atoms with van der Waals surface area (Å²) in [6, 6.07) is 19.5. The molecule has 0 bridgehead atoms. The van der Waals surface area contributed by atoms with Gasteiger partial charge in [0.05, 0.1) is 6.26 Å². The standard InChI is InChI=1S/C30H30FN3O3/c1-30(2,3)23-11-13-25(14-12-23)34(29(36)26-10-6-18-37-26)27(22-8-5-16-32-20-22)28(35)33-17-15-21-7-4-9-24(31)19-21/h4-14,16,18-20,27H,15,17H2,1-3H3,(H,33,35). The highest BCUT2D eigenvalue weighted by atomic mass is 19.1. The Labute approximate surface area is 216 Å². The van der Waals surface area contributed by atoms with Crippen molar-refractivity contribution in [1.82, 2.24) is 10.3 Å². The number of benzene rings is 2. The van der Waals surface area contributed by atoms with Crippen LogP contribution in [0.3, 0.4) is 0 Å². The summed E-state index contributed by atoms with van der Waals surface area (Å²) in [5.41, 5.74) is 2.87. The van der Waals surface area contributed by atoms with Crippen molar-refractivity contribution < 1.29 is 18.4 Å². The normalized spacial score (nSPS) is 12.1. The maximum atomic E-state index is 13.7. The number of nitrogens with one attached hydrogen (secondary N) is 1. The lowest BCUT2D eigenvalue weighted by molar-refractivity contribution is -0.122. The number of pyridine rings is 1. The Morgan fingerprint density at radius 2 is 1.81 bits per heavy atom. The predicted octanol–water partition coefficient (Wildman–Crippen LogP) is 5.86. The van der Waals surface area contributed by atoms with Gasteiger partial charge >= 0.3 is 0 Å². The average Bonchev–Trinajstić information content (AvgIpc) is 3.42. The monoisotopic (exact) mass is 499 g/mol. The van der Waals surface area contributed by atoms with Gasteiger partial charge in [-0.3, -0.25) is 19.5 Å². The molecule has 4 rings (SSSR count). The zero-order valence-corrected chi connectivity index (χ0v) is 21.1. The number of hydrogen-bond donors (Lipinski definition) is 1. The molecular weight excluding hydrogens is 469 g/mol. The number of amides is 2. The van der Waals surface area contributed by atoms with Gasteiger partial charge in [0.2, 0.25) is 5.91 Å². The van der Waals surface area contributed by atoms with Crippen LogP contribution in [0.2, 0.25) is 0 Å². The fourth-order valence-corrected chi connectivity index (χ4v) is 4.10. The highest BCUT2D eigenvalue weighted by molar-refractivity contribution is 6.08. The first kappa shape index (κ1) is 25.8. The van der Waals surface area contributed by atoms with Crippen molar-refractivity contribution in [3.63, 3.8) is 0 Å². The van der Waals surface area contributed by atoms with Crippen LogP contribution in [0, 0.1) is 5.82 Å². The van der Waals surface area contributed by atoms with Crippen LogP contribution in [-0.4, -0.2) is 23.3 Å². The molecule has 0 radical (unpaired) electrons. The van der Waals surface area contributed by atoms with Crippen molar-refractivity contribution in [1.29, 1.82) is 0 Å². The van der Waals surface area contributed by atoms with E-state index in [0.29, 0.717) is 17.7 Å². The number of hydrogen-bond acceptors (Lipinski definition) is 4. The van der Waals surface area contributed by atoms with E-state index in [1.54, 1.807) is 48.8 Å². The van der Waals surface area contributed by atoms with Gasteiger partial charge in [0.25, 0.3) is 5.91 Å². The molecule has 1 unspecified atom stereocenters. The van der Waals surface area contributed by atoms with E-state index in [1.807, 2.05) is 24.3 Å². The van der Waals surface area contributed by atoms with E-state index in [0.717, 1.165) is 11.1 Å². The van der Waals surface area contributed by atoms with Crippen molar-refractivity contribution >= 4 is 17.5 Å². The SMILES string of the molecule is CC(C)(C)c1ccc(N(C(=O)c2ccco2)C(C(=O)NCCc2cccc(F)c2)c2cccnc2)cc1. The van der Waals surface area contributed by atoms with E-state index >= 15 is 0 Å². The van der Waals surface area contributed by atoms with Crippen LogP contribution in [0.25, 0.3) is 0 Å². The molecule has 2 aromatic carbocycles. The minimum atomic E-state index is -1.01. The molecule has 2 amide bonds. The minimum absolute atomic E-state index is 0.0780. The first-order valence-corrected chi connectivity index (χ1v) is 12.1. The molecule has 2 aromatic heterocycles. The summed E-state index contributed by atoms with van der Waals surface area (Å²) < 4.78 is 19.0. The van der Waals surface area contributed by atoms with E-state index in [1.165, 1.54) is 23.3 Å². The van der Waals surface area contributed by atoms with Crippen molar-refractivity contribution in [2.75, 3.05) is 11.4 Å². The van der Waals surface area contributed by atoms with Crippen molar-refractivity contribution in [3.8, 4) is 0 Å². The molecule has 0 aliphatic carbocycles. The largest absolute Gasteiger partial charge is 0.459 e. The Kier molecular flexibility index (Phi) is 7.82. The third-order valence-electron chi connectivity index (χ3n) is 6.07. The molecule has 6 nitrogen and oxygen atoms in total. The Balaban J connectivity index is 1.69. The van der Waals surface area contributed by atoms with Gasteiger partial charge in [-0.2, -0.15) is 0 Å². The first-order valence-electron chi connectivity index (χ1n) is 12.1. The minimum Gasteiger partial charge on any atom is -0.459 e. The van der Waals surface area contributed by atoms with Gasteiger partial charge in [-0.25, -0.2) is 4.39 Å². The molecule has 37 heavy (non-hydrogen) atoms. The van der Waals surface area contributed by atoms with E-state index < -0.39 is 11.9 Å². The van der Waals surface area contributed by atoms with Gasteiger partial charge in [-0.15, -0.1) is 0 Å². The Morgan fingerprint density at radius 1 is 1.03 bits per heavy atom. The van der Waals surface area contributed by atoms with Crippen molar-refractivity contribution in [2.24, 2.45) is 0 Å². The number of anilines is 1. The summed E-state index contributed by atoms with van der Waals surface area (Å²) in [6.45, 7) is 6.60. The third-order valence-corrected chi connectivity index (χ3v) is 6.07. The molecule has 0 aliphatic rings. The fourth-order valence-electron chi connectivity index (χ4n) is 4.10. The van der Waals surface area contributed by atoms with Crippen LogP contribution in [0.15, 0.2) is 95.9 Å². The van der Waals surface area contributed by atoms with Crippen LogP contribution >= 0.6 is 0 Å². The second-order valence-corrected chi connectivity index (χ2v) is 9.81. The van der Waals surface area contributed by atoms with Gasteiger partial charge in [0.15, 0.2) is 5.76 Å². The molecule has 1 N–H and O–H groups in total. The molecule has 0 fully saturated rings. The summed E-state index contributed by atoms with van der Waals surface area (Å²) >= 11 is 0. The van der Waals surface area contributed by atoms with Gasteiger partial charge in [0, 0.05) is 30.2 Å². The third kappa shape index (κ3) is 6.30. The van der Waals surface area contributed by atoms with E-state index in [9.17, 15) is 14.0 Å². The zero-order valence-electron chi connectivity index (χ0n) is 21.1. The highest BCUT2D eigenvalue weighted by Crippen LogP contribution is 2.32. The number of furan rings is 1. The Hall–Kier alpha value is -4.26. The molecule has 7 heteroatoms. The van der Waals surface area contributed by atoms with Gasteiger partial charge < -0.3 is 9.73 Å². The summed E-state index contributed by atoms with van der Waals surface area (Å²) in [4.78, 5) is 33.0. The van der Waals surface area contributed by atoms with Crippen molar-refractivity contribution in [2.45, 2.75) is 38.6 Å². The number of carbonyl (C=O) groups is 2. The van der Waals surface area contributed by atoms with E-state index in [2.05, 4.69) is 31.1 Å². The molecule has 1 atom stereocenters. The highest BCUT2D eigenvalue weighted by Gasteiger charge is 2.34. The maximum Gasteiger partial charge on any atom is 0.294 e. The summed E-state index contributed by atoms with van der Waals surface area (Å²) in [5.74, 6) is -1.06. The Bertz CT molecular complexity index is 1330. The molecule has 2 heterocycles. The molecule has 0 aliphatic heterocycles. The summed E-state index contributed by atoms with van der Waals surface area (Å²) in [6.07, 6.45) is 5.05. The number of rotatable bonds is 8. The molecular formula is C30H30FN3O3. The predicted molar refractivity (Wildman–Crippen MR) is 141 cm³/mol. The number of carbonyl (C=O) groups excluding carboxylic acids is 2. The van der Waals surface area contributed by atoms with Gasteiger partial charge in [-0.05, 0) is 65.4 Å². The van der Waals surface area contributed by atoms with E-state index in [-0.39, 0.29) is 29.4 Å². The first-order chi connectivity index (χ1) is 17.7. The van der Waals surface area contributed by atoms with Crippen LogP contribution in [0.1, 0.15) is 54.1 Å². The number of nitrogens with zero attached hydrogens (tertiary/aromatic N) is 2. The second-order valence-electron chi connectivity index (χ2n) is 9.81. The van der Waals surface area contributed by atoms with Crippen LogP contribution in [0.5, 0.6) is 0 Å². The second kappa shape index (κ2) is 11.2. The molecule has 0 saturated heterocycles. The lowest BCUT2D eigenvalue weighted by Gasteiger charge is -2.31. The topological polar surface area (TPSA) is 75.4 Å². The molecule has 4 aromatic rings. The molecule has 0 spiro atoms. The Morgan fingerprint density at radius 3 is 2.43 bits per heavy atom. The van der Waals surface area contributed by atoms with Crippen LogP contribution < -0.4 is 10.2 Å². The maximum absolute atomic E-state index is 13.7. The van der Waals surface area contributed by atoms with E-state index in [4.69, 9.17) is 4.42 Å². The lowest BCUT2D eigenvalue weighted by Crippen LogP contribution is -2.44. The molecule has 0 saturated carbocycles. The van der Waals surface area contributed by atoms with Crippen LogP contribution in [0.4, 0.5) is 10.1 Å². The van der Waals surface area contributed by atoms with Gasteiger partial charge in [-0.1, -0.05) is 51.1 Å².